The lowest BCUT2D eigenvalue weighted by Gasteiger charge is -2.36. The molecule has 2 aliphatic rings. The van der Waals surface area contributed by atoms with Gasteiger partial charge in [0.15, 0.2) is 5.82 Å². The van der Waals surface area contributed by atoms with Crippen LogP contribution in [0.15, 0.2) is 17.5 Å². The highest BCUT2D eigenvalue weighted by atomic mass is 32.1. The molecule has 0 amide bonds. The molecule has 7 heteroatoms. The molecule has 0 radical (unpaired) electrons. The quantitative estimate of drug-likeness (QED) is 0.635. The second kappa shape index (κ2) is 7.71. The van der Waals surface area contributed by atoms with Crippen molar-refractivity contribution in [3.8, 4) is 10.7 Å². The van der Waals surface area contributed by atoms with Crippen LogP contribution in [0.2, 0.25) is 0 Å². The molecule has 1 atom stereocenters. The van der Waals surface area contributed by atoms with E-state index in [0.29, 0.717) is 6.10 Å². The van der Waals surface area contributed by atoms with E-state index in [9.17, 15) is 0 Å². The lowest BCUT2D eigenvalue weighted by molar-refractivity contribution is 0.0712. The molecule has 3 aromatic rings. The van der Waals surface area contributed by atoms with Crippen LogP contribution in [0.4, 0.5) is 5.82 Å². The number of rotatable bonds is 4. The van der Waals surface area contributed by atoms with Gasteiger partial charge in [-0.2, -0.15) is 0 Å². The van der Waals surface area contributed by atoms with Crippen LogP contribution in [0.1, 0.15) is 23.3 Å². The third-order valence-electron chi connectivity index (χ3n) is 5.91. The molecule has 0 aliphatic carbocycles. The highest BCUT2D eigenvalue weighted by Crippen LogP contribution is 2.37. The number of thiophene rings is 2. The molecule has 0 aromatic carbocycles. The van der Waals surface area contributed by atoms with Crippen molar-refractivity contribution in [3.63, 3.8) is 0 Å². The van der Waals surface area contributed by atoms with Crippen LogP contribution in [0.5, 0.6) is 0 Å². The van der Waals surface area contributed by atoms with Gasteiger partial charge in [-0.1, -0.05) is 6.07 Å². The molecule has 5 heterocycles. The third kappa shape index (κ3) is 3.45. The van der Waals surface area contributed by atoms with Gasteiger partial charge in [0.05, 0.1) is 16.4 Å². The molecule has 0 N–H and O–H groups in total. The van der Waals surface area contributed by atoms with Crippen LogP contribution >= 0.6 is 22.7 Å². The minimum atomic E-state index is 0.435. The Morgan fingerprint density at radius 1 is 1.18 bits per heavy atom. The van der Waals surface area contributed by atoms with Crippen molar-refractivity contribution < 1.29 is 4.74 Å². The fourth-order valence-electron chi connectivity index (χ4n) is 4.19. The SMILES string of the molecule is Cc1sc2nc(-c3cccs3)nc(N3CCN(CC4CCCO4)CC3)c2c1C. The Labute approximate surface area is 174 Å². The molecule has 3 aromatic heterocycles. The Hall–Kier alpha value is -1.54. The monoisotopic (exact) mass is 414 g/mol. The zero-order valence-electron chi connectivity index (χ0n) is 16.5. The van der Waals surface area contributed by atoms with Crippen molar-refractivity contribution in [1.82, 2.24) is 14.9 Å². The van der Waals surface area contributed by atoms with E-state index < -0.39 is 0 Å². The summed E-state index contributed by atoms with van der Waals surface area (Å²) in [6.07, 6.45) is 2.86. The van der Waals surface area contributed by atoms with Crippen molar-refractivity contribution >= 4 is 38.7 Å². The number of ether oxygens (including phenoxy) is 1. The predicted molar refractivity (Wildman–Crippen MR) is 118 cm³/mol. The lowest BCUT2D eigenvalue weighted by Crippen LogP contribution is -2.48. The maximum Gasteiger partial charge on any atom is 0.173 e. The number of aromatic nitrogens is 2. The highest BCUT2D eigenvalue weighted by Gasteiger charge is 2.26. The van der Waals surface area contributed by atoms with Gasteiger partial charge in [0.2, 0.25) is 0 Å². The molecule has 2 saturated heterocycles. The van der Waals surface area contributed by atoms with Crippen LogP contribution in [-0.4, -0.2) is 60.3 Å². The molecular weight excluding hydrogens is 388 g/mol. The van der Waals surface area contributed by atoms with Gasteiger partial charge in [0.1, 0.15) is 10.6 Å². The molecule has 28 heavy (non-hydrogen) atoms. The largest absolute Gasteiger partial charge is 0.377 e. The number of fused-ring (bicyclic) bond motifs is 1. The normalized spacial score (nSPS) is 21.1. The number of anilines is 1. The van der Waals surface area contributed by atoms with Gasteiger partial charge < -0.3 is 9.64 Å². The second-order valence-electron chi connectivity index (χ2n) is 7.73. The van der Waals surface area contributed by atoms with E-state index in [1.54, 1.807) is 22.7 Å². The molecule has 2 aliphatic heterocycles. The Bertz CT molecular complexity index is 955. The number of hydrogen-bond donors (Lipinski definition) is 0. The summed E-state index contributed by atoms with van der Waals surface area (Å²) in [5.41, 5.74) is 1.33. The van der Waals surface area contributed by atoms with Crippen molar-refractivity contribution in [1.29, 1.82) is 0 Å². The molecule has 0 spiro atoms. The van der Waals surface area contributed by atoms with Crippen molar-refractivity contribution in [2.45, 2.75) is 32.8 Å². The van der Waals surface area contributed by atoms with Gasteiger partial charge in [0, 0.05) is 44.2 Å². The van der Waals surface area contributed by atoms with Crippen LogP contribution in [0, 0.1) is 13.8 Å². The van der Waals surface area contributed by atoms with E-state index in [-0.39, 0.29) is 0 Å². The Morgan fingerprint density at radius 2 is 2.04 bits per heavy atom. The van der Waals surface area contributed by atoms with Crippen LogP contribution in [0.3, 0.4) is 0 Å². The Balaban J connectivity index is 1.43. The topological polar surface area (TPSA) is 41.5 Å². The molecule has 5 nitrogen and oxygen atoms in total. The molecule has 0 bridgehead atoms. The van der Waals surface area contributed by atoms with E-state index in [1.807, 2.05) is 0 Å². The van der Waals surface area contributed by atoms with Gasteiger partial charge in [-0.05, 0) is 43.7 Å². The van der Waals surface area contributed by atoms with Gasteiger partial charge in [0.25, 0.3) is 0 Å². The number of hydrogen-bond acceptors (Lipinski definition) is 7. The van der Waals surface area contributed by atoms with E-state index in [1.165, 1.54) is 28.7 Å². The standard InChI is InChI=1S/C21H26N4OS2/c1-14-15(2)28-21-18(14)20(22-19(23-21)17-6-4-12-27-17)25-9-7-24(8-10-25)13-16-5-3-11-26-16/h4,6,12,16H,3,5,7-11,13H2,1-2H3. The maximum atomic E-state index is 5.83. The smallest absolute Gasteiger partial charge is 0.173 e. The molecule has 5 rings (SSSR count). The second-order valence-corrected chi connectivity index (χ2v) is 9.89. The average Bonchev–Trinajstić information content (AvgIpc) is 3.45. The minimum Gasteiger partial charge on any atom is -0.377 e. The predicted octanol–water partition coefficient (Wildman–Crippen LogP) is 4.34. The maximum absolute atomic E-state index is 5.83. The van der Waals surface area contributed by atoms with Crippen molar-refractivity contribution in [2.24, 2.45) is 0 Å². The fourth-order valence-corrected chi connectivity index (χ4v) is 5.87. The van der Waals surface area contributed by atoms with Gasteiger partial charge in [-0.15, -0.1) is 22.7 Å². The highest BCUT2D eigenvalue weighted by molar-refractivity contribution is 7.19. The first-order valence-corrected chi connectivity index (χ1v) is 11.8. The minimum absolute atomic E-state index is 0.435. The van der Waals surface area contributed by atoms with Crippen LogP contribution in [0.25, 0.3) is 20.9 Å². The van der Waals surface area contributed by atoms with Gasteiger partial charge in [-0.3, -0.25) is 4.90 Å². The van der Waals surface area contributed by atoms with E-state index in [0.717, 1.165) is 60.7 Å². The Morgan fingerprint density at radius 3 is 2.75 bits per heavy atom. The summed E-state index contributed by atoms with van der Waals surface area (Å²) in [7, 11) is 0. The van der Waals surface area contributed by atoms with Crippen molar-refractivity contribution in [3.05, 3.63) is 28.0 Å². The van der Waals surface area contributed by atoms with E-state index in [2.05, 4.69) is 41.2 Å². The molecule has 0 saturated carbocycles. The number of aryl methyl sites for hydroxylation is 2. The summed E-state index contributed by atoms with van der Waals surface area (Å²) >= 11 is 3.50. The van der Waals surface area contributed by atoms with Crippen LogP contribution in [-0.2, 0) is 4.74 Å². The first-order chi connectivity index (χ1) is 13.7. The summed E-state index contributed by atoms with van der Waals surface area (Å²) in [6, 6.07) is 4.19. The van der Waals surface area contributed by atoms with Gasteiger partial charge in [-0.25, -0.2) is 9.97 Å². The first-order valence-electron chi connectivity index (χ1n) is 10.1. The summed E-state index contributed by atoms with van der Waals surface area (Å²) in [5.74, 6) is 1.98. The first kappa shape index (κ1) is 18.5. The summed E-state index contributed by atoms with van der Waals surface area (Å²) < 4.78 is 5.83. The number of piperazine rings is 1. The third-order valence-corrected chi connectivity index (χ3v) is 7.88. The summed E-state index contributed by atoms with van der Waals surface area (Å²) in [6.45, 7) is 10.6. The lowest BCUT2D eigenvalue weighted by atomic mass is 10.1. The summed E-state index contributed by atoms with van der Waals surface area (Å²) in [5, 5.41) is 3.34. The van der Waals surface area contributed by atoms with Crippen molar-refractivity contribution in [2.75, 3.05) is 44.2 Å². The molecule has 148 valence electrons. The molecule has 1 unspecified atom stereocenters. The number of nitrogens with zero attached hydrogens (tertiary/aromatic N) is 4. The fraction of sp³-hybridized carbons (Fsp3) is 0.524. The van der Waals surface area contributed by atoms with Gasteiger partial charge >= 0.3 is 0 Å². The van der Waals surface area contributed by atoms with Crippen LogP contribution < -0.4 is 4.90 Å². The zero-order chi connectivity index (χ0) is 19.1. The van der Waals surface area contributed by atoms with E-state index in [4.69, 9.17) is 14.7 Å². The summed E-state index contributed by atoms with van der Waals surface area (Å²) in [4.78, 5) is 18.6. The molecular formula is C21H26N4OS2. The molecule has 2 fully saturated rings. The zero-order valence-corrected chi connectivity index (χ0v) is 18.1. The Kier molecular flexibility index (Phi) is 5.09. The van der Waals surface area contributed by atoms with E-state index >= 15 is 0 Å². The average molecular weight is 415 g/mol.